The van der Waals surface area contributed by atoms with Crippen LogP contribution in [0.15, 0.2) is 53.4 Å². The van der Waals surface area contributed by atoms with E-state index >= 15 is 0 Å². The minimum Gasteiger partial charge on any atom is -0.354 e. The lowest BCUT2D eigenvalue weighted by atomic mass is 10.1. The predicted molar refractivity (Wildman–Crippen MR) is 138 cm³/mol. The van der Waals surface area contributed by atoms with Crippen molar-refractivity contribution < 1.29 is 22.8 Å². The highest BCUT2D eigenvalue weighted by Gasteiger charge is 2.40. The van der Waals surface area contributed by atoms with Gasteiger partial charge in [0, 0.05) is 26.1 Å². The maximum absolute atomic E-state index is 13.4. The van der Waals surface area contributed by atoms with Crippen LogP contribution in [0.25, 0.3) is 0 Å². The third-order valence-corrected chi connectivity index (χ3v) is 8.05. The summed E-state index contributed by atoms with van der Waals surface area (Å²) in [5, 5.41) is 2.93. The second kappa shape index (κ2) is 11.7. The van der Waals surface area contributed by atoms with Crippen molar-refractivity contribution in [2.24, 2.45) is 5.92 Å². The summed E-state index contributed by atoms with van der Waals surface area (Å²) >= 11 is 0. The van der Waals surface area contributed by atoms with E-state index in [4.69, 9.17) is 0 Å². The molecule has 3 amide bonds. The van der Waals surface area contributed by atoms with E-state index in [0.717, 1.165) is 15.4 Å². The summed E-state index contributed by atoms with van der Waals surface area (Å²) in [5.41, 5.74) is 2.14. The fraction of sp³-hybridized carbons (Fsp3) is 0.444. The zero-order valence-electron chi connectivity index (χ0n) is 21.4. The lowest BCUT2D eigenvalue weighted by Crippen LogP contribution is -2.49. The van der Waals surface area contributed by atoms with Gasteiger partial charge in [0.25, 0.3) is 15.9 Å². The van der Waals surface area contributed by atoms with Gasteiger partial charge in [0.05, 0.1) is 5.56 Å². The fourth-order valence-corrected chi connectivity index (χ4v) is 5.81. The number of nitrogens with zero attached hydrogens (tertiary/aromatic N) is 2. The highest BCUT2D eigenvalue weighted by atomic mass is 32.2. The Morgan fingerprint density at radius 1 is 1.06 bits per heavy atom. The van der Waals surface area contributed by atoms with Crippen LogP contribution in [0.4, 0.5) is 0 Å². The number of hydrogen-bond acceptors (Lipinski definition) is 5. The third kappa shape index (κ3) is 6.13. The van der Waals surface area contributed by atoms with Gasteiger partial charge in [-0.3, -0.25) is 14.4 Å². The lowest BCUT2D eigenvalue weighted by Gasteiger charge is -2.31. The van der Waals surface area contributed by atoms with Gasteiger partial charge in [0.2, 0.25) is 11.8 Å². The second-order valence-electron chi connectivity index (χ2n) is 9.55. The summed E-state index contributed by atoms with van der Waals surface area (Å²) < 4.78 is 26.4. The van der Waals surface area contributed by atoms with Crippen LogP contribution in [0.1, 0.15) is 61.5 Å². The monoisotopic (exact) mass is 513 g/mol. The zero-order chi connectivity index (χ0) is 26.5. The molecule has 0 spiro atoms. The number of aryl methyl sites for hydroxylation is 1. The first-order valence-corrected chi connectivity index (χ1v) is 13.8. The van der Waals surface area contributed by atoms with Crippen LogP contribution in [0.5, 0.6) is 0 Å². The molecule has 8 nitrogen and oxygen atoms in total. The molecule has 0 bridgehead atoms. The van der Waals surface area contributed by atoms with Crippen LogP contribution in [-0.4, -0.2) is 54.5 Å². The van der Waals surface area contributed by atoms with Crippen molar-refractivity contribution in [3.8, 4) is 0 Å². The molecule has 2 aromatic carbocycles. The first-order chi connectivity index (χ1) is 17.1. The van der Waals surface area contributed by atoms with Gasteiger partial charge in [0.15, 0.2) is 0 Å². The summed E-state index contributed by atoms with van der Waals surface area (Å²) in [6.07, 6.45) is 0.609. The Morgan fingerprint density at radius 3 is 2.33 bits per heavy atom. The third-order valence-electron chi connectivity index (χ3n) is 6.21. The molecule has 194 valence electrons. The number of carbonyl (C=O) groups excluding carboxylic acids is 3. The molecule has 1 N–H and O–H groups in total. The molecule has 0 aliphatic carbocycles. The number of amides is 3. The van der Waals surface area contributed by atoms with E-state index in [2.05, 4.69) is 5.32 Å². The van der Waals surface area contributed by atoms with E-state index in [1.54, 1.807) is 17.0 Å². The maximum Gasteiger partial charge on any atom is 0.269 e. The van der Waals surface area contributed by atoms with E-state index in [-0.39, 0.29) is 54.1 Å². The Morgan fingerprint density at radius 2 is 1.72 bits per heavy atom. The Hall–Kier alpha value is -3.20. The van der Waals surface area contributed by atoms with Crippen molar-refractivity contribution in [2.75, 3.05) is 13.1 Å². The molecule has 0 aromatic heterocycles. The van der Waals surface area contributed by atoms with Crippen LogP contribution >= 0.6 is 0 Å². The number of nitrogens with one attached hydrogen (secondary N) is 1. The van der Waals surface area contributed by atoms with Crippen molar-refractivity contribution in [2.45, 2.75) is 64.4 Å². The van der Waals surface area contributed by atoms with Crippen molar-refractivity contribution in [1.29, 1.82) is 0 Å². The minimum absolute atomic E-state index is 0.00445. The Balaban J connectivity index is 1.73. The average Bonchev–Trinajstić information content (AvgIpc) is 3.04. The molecule has 0 saturated carbocycles. The fourth-order valence-electron chi connectivity index (χ4n) is 4.20. The van der Waals surface area contributed by atoms with E-state index in [0.29, 0.717) is 13.0 Å². The summed E-state index contributed by atoms with van der Waals surface area (Å²) in [5.74, 6) is -0.770. The molecule has 0 radical (unpaired) electrons. The van der Waals surface area contributed by atoms with Crippen LogP contribution in [0, 0.1) is 12.8 Å². The molecule has 3 rings (SSSR count). The molecule has 0 fully saturated rings. The summed E-state index contributed by atoms with van der Waals surface area (Å²) in [7, 11) is -3.92. The number of benzene rings is 2. The van der Waals surface area contributed by atoms with Crippen molar-refractivity contribution in [3.63, 3.8) is 0 Å². The first-order valence-electron chi connectivity index (χ1n) is 12.3. The minimum atomic E-state index is -3.92. The number of carbonyl (C=O) groups is 3. The van der Waals surface area contributed by atoms with Crippen LogP contribution in [0.3, 0.4) is 0 Å². The van der Waals surface area contributed by atoms with Gasteiger partial charge in [0.1, 0.15) is 10.9 Å². The van der Waals surface area contributed by atoms with Gasteiger partial charge in [-0.15, -0.1) is 0 Å². The normalized spacial score (nSPS) is 15.0. The highest BCUT2D eigenvalue weighted by Crippen LogP contribution is 2.30. The average molecular weight is 514 g/mol. The van der Waals surface area contributed by atoms with Gasteiger partial charge in [-0.2, -0.15) is 0 Å². The Kier molecular flexibility index (Phi) is 8.89. The Bertz CT molecular complexity index is 1210. The van der Waals surface area contributed by atoms with Gasteiger partial charge in [-0.25, -0.2) is 12.7 Å². The molecule has 2 aromatic rings. The van der Waals surface area contributed by atoms with Crippen molar-refractivity contribution in [1.82, 2.24) is 14.5 Å². The molecular weight excluding hydrogens is 478 g/mol. The van der Waals surface area contributed by atoms with Crippen molar-refractivity contribution >= 4 is 27.7 Å². The molecule has 1 unspecified atom stereocenters. The Labute approximate surface area is 213 Å². The highest BCUT2D eigenvalue weighted by molar-refractivity contribution is 7.90. The molecule has 36 heavy (non-hydrogen) atoms. The molecule has 1 aliphatic heterocycles. The number of hydrogen-bond donors (Lipinski definition) is 1. The van der Waals surface area contributed by atoms with Crippen LogP contribution < -0.4 is 5.32 Å². The number of rotatable bonds is 11. The smallest absolute Gasteiger partial charge is 0.269 e. The van der Waals surface area contributed by atoms with E-state index < -0.39 is 22.0 Å². The maximum atomic E-state index is 13.4. The van der Waals surface area contributed by atoms with Crippen molar-refractivity contribution in [3.05, 3.63) is 65.2 Å². The molecular formula is C27H35N3O5S. The quantitative estimate of drug-likeness (QED) is 0.495. The standard InChI is InChI=1S/C27H35N3O5S/c1-5-23(26(32)28-17-19(2)3)29(18-21-14-12-20(4)13-15-21)25(31)11-8-16-30-27(33)22-9-6-7-10-24(22)36(30,34)35/h6-7,9-10,12-15,19,23H,5,8,11,16-18H2,1-4H3,(H,28,32). The summed E-state index contributed by atoms with van der Waals surface area (Å²) in [6.45, 7) is 8.52. The zero-order valence-corrected chi connectivity index (χ0v) is 22.2. The van der Waals surface area contributed by atoms with Gasteiger partial charge < -0.3 is 10.2 Å². The summed E-state index contributed by atoms with van der Waals surface area (Å²) in [4.78, 5) is 40.6. The SMILES string of the molecule is CCC(C(=O)NCC(C)C)N(Cc1ccc(C)cc1)C(=O)CCCN1C(=O)c2ccccc2S1(=O)=O. The number of sulfonamides is 1. The van der Waals surface area contributed by atoms with E-state index in [1.807, 2.05) is 52.0 Å². The van der Waals surface area contributed by atoms with E-state index in [1.165, 1.54) is 12.1 Å². The van der Waals surface area contributed by atoms with Gasteiger partial charge >= 0.3 is 0 Å². The predicted octanol–water partition coefficient (Wildman–Crippen LogP) is 3.50. The largest absolute Gasteiger partial charge is 0.354 e. The van der Waals surface area contributed by atoms with Crippen LogP contribution in [0.2, 0.25) is 0 Å². The second-order valence-corrected chi connectivity index (χ2v) is 11.4. The molecule has 9 heteroatoms. The first kappa shape index (κ1) is 27.4. The molecule has 1 atom stereocenters. The molecule has 1 heterocycles. The van der Waals surface area contributed by atoms with Gasteiger partial charge in [-0.05, 0) is 43.4 Å². The molecule has 0 saturated heterocycles. The molecule has 1 aliphatic rings. The topological polar surface area (TPSA) is 104 Å². The van der Waals surface area contributed by atoms with E-state index in [9.17, 15) is 22.8 Å². The van der Waals surface area contributed by atoms with Gasteiger partial charge in [-0.1, -0.05) is 62.7 Å². The number of fused-ring (bicyclic) bond motifs is 1. The lowest BCUT2D eigenvalue weighted by molar-refractivity contribution is -0.141. The summed E-state index contributed by atoms with van der Waals surface area (Å²) in [6, 6.07) is 13.2. The van der Waals surface area contributed by atoms with Crippen LogP contribution in [-0.2, 0) is 26.2 Å².